The monoisotopic (exact) mass is 305 g/mol. The number of carbonyl (C=O) groups excluding carboxylic acids is 2. The van der Waals surface area contributed by atoms with E-state index in [0.717, 1.165) is 11.1 Å². The van der Waals surface area contributed by atoms with Crippen molar-refractivity contribution >= 4 is 29.1 Å². The number of carbonyl (C=O) groups is 2. The van der Waals surface area contributed by atoms with Gasteiger partial charge in [-0.1, -0.05) is 29.8 Å². The van der Waals surface area contributed by atoms with Crippen LogP contribution in [0.15, 0.2) is 30.3 Å². The number of hydrogen-bond donors (Lipinski definition) is 0. The Kier molecular flexibility index (Phi) is 3.49. The molecule has 1 spiro atoms. The van der Waals surface area contributed by atoms with E-state index < -0.39 is 5.60 Å². The second-order valence-corrected chi connectivity index (χ2v) is 5.87. The molecule has 0 atom stereocenters. The van der Waals surface area contributed by atoms with E-state index in [1.165, 1.54) is 6.08 Å². The number of benzene rings is 1. The van der Waals surface area contributed by atoms with Crippen LogP contribution in [-0.4, -0.2) is 35.5 Å². The molecule has 1 amide bonds. The van der Waals surface area contributed by atoms with Crippen molar-refractivity contribution in [1.29, 1.82) is 0 Å². The smallest absolute Gasteiger partial charge is 0.332 e. The first-order valence-corrected chi connectivity index (χ1v) is 7.35. The zero-order valence-electron chi connectivity index (χ0n) is 11.8. The largest absolute Gasteiger partial charge is 0.451 e. The molecule has 0 unspecified atom stereocenters. The first-order valence-electron chi connectivity index (χ1n) is 6.97. The van der Waals surface area contributed by atoms with Crippen LogP contribution in [0.2, 0.25) is 5.02 Å². The molecule has 0 radical (unpaired) electrons. The summed E-state index contributed by atoms with van der Waals surface area (Å²) in [5.41, 5.74) is 1.02. The van der Waals surface area contributed by atoms with Crippen molar-refractivity contribution in [1.82, 2.24) is 4.90 Å². The Bertz CT molecular complexity index is 630. The Morgan fingerprint density at radius 2 is 1.95 bits per heavy atom. The molecular formula is C16H16ClNO3. The number of hydrogen-bond acceptors (Lipinski definition) is 3. The zero-order chi connectivity index (χ0) is 15.0. The number of amides is 1. The van der Waals surface area contributed by atoms with Gasteiger partial charge in [0.05, 0.1) is 0 Å². The molecular weight excluding hydrogens is 290 g/mol. The predicted molar refractivity (Wildman–Crippen MR) is 79.7 cm³/mol. The second-order valence-electron chi connectivity index (χ2n) is 5.46. The average molecular weight is 306 g/mol. The topological polar surface area (TPSA) is 46.6 Å². The van der Waals surface area contributed by atoms with Gasteiger partial charge in [0.2, 0.25) is 5.91 Å². The van der Waals surface area contributed by atoms with Crippen LogP contribution in [0.25, 0.3) is 5.57 Å². The quantitative estimate of drug-likeness (QED) is 0.749. The summed E-state index contributed by atoms with van der Waals surface area (Å²) in [6.07, 6.45) is 2.75. The van der Waals surface area contributed by atoms with E-state index >= 15 is 0 Å². The van der Waals surface area contributed by atoms with E-state index in [1.54, 1.807) is 17.9 Å². The summed E-state index contributed by atoms with van der Waals surface area (Å²) in [6.45, 7) is 2.73. The van der Waals surface area contributed by atoms with E-state index in [4.69, 9.17) is 16.3 Å². The van der Waals surface area contributed by atoms with Crippen molar-refractivity contribution in [2.45, 2.75) is 25.4 Å². The molecule has 1 fully saturated rings. The van der Waals surface area contributed by atoms with Gasteiger partial charge in [0.15, 0.2) is 0 Å². The third kappa shape index (κ3) is 2.44. The molecule has 1 aromatic carbocycles. The van der Waals surface area contributed by atoms with Crippen LogP contribution in [0, 0.1) is 0 Å². The maximum Gasteiger partial charge on any atom is 0.332 e. The molecule has 2 heterocycles. The van der Waals surface area contributed by atoms with Crippen molar-refractivity contribution in [3.63, 3.8) is 0 Å². The lowest BCUT2D eigenvalue weighted by Gasteiger charge is -2.39. The van der Waals surface area contributed by atoms with Crippen molar-refractivity contribution in [2.24, 2.45) is 0 Å². The average Bonchev–Trinajstić information content (AvgIpc) is 2.76. The minimum Gasteiger partial charge on any atom is -0.451 e. The Labute approximate surface area is 128 Å². The Morgan fingerprint density at radius 3 is 2.57 bits per heavy atom. The molecule has 0 aliphatic carbocycles. The first-order chi connectivity index (χ1) is 10.0. The lowest BCUT2D eigenvalue weighted by molar-refractivity contribution is -0.149. The van der Waals surface area contributed by atoms with Gasteiger partial charge in [0.25, 0.3) is 0 Å². The Balaban J connectivity index is 1.93. The first kappa shape index (κ1) is 14.1. The fourth-order valence-corrected chi connectivity index (χ4v) is 3.32. The van der Waals surface area contributed by atoms with Crippen molar-refractivity contribution in [3.8, 4) is 0 Å². The van der Waals surface area contributed by atoms with E-state index in [-0.39, 0.29) is 11.9 Å². The minimum absolute atomic E-state index is 0.0532. The summed E-state index contributed by atoms with van der Waals surface area (Å²) in [7, 11) is 0. The van der Waals surface area contributed by atoms with Crippen molar-refractivity contribution < 1.29 is 14.3 Å². The SMILES string of the molecule is CC(=O)N1CCC2(CC1)OC(=O)C=C2c1ccccc1Cl. The lowest BCUT2D eigenvalue weighted by Crippen LogP contribution is -2.47. The summed E-state index contributed by atoms with van der Waals surface area (Å²) in [5.74, 6) is -0.279. The standard InChI is InChI=1S/C16H16ClNO3/c1-11(19)18-8-6-16(7-9-18)13(10-15(20)21-16)12-4-2-3-5-14(12)17/h2-5,10H,6-9H2,1H3. The Hall–Kier alpha value is -1.81. The van der Waals surface area contributed by atoms with Gasteiger partial charge in [-0.15, -0.1) is 0 Å². The van der Waals surface area contributed by atoms with E-state index in [0.29, 0.717) is 31.0 Å². The van der Waals surface area contributed by atoms with Gasteiger partial charge in [0, 0.05) is 55.1 Å². The molecule has 2 aliphatic rings. The highest BCUT2D eigenvalue weighted by Crippen LogP contribution is 2.44. The number of piperidine rings is 1. The fourth-order valence-electron chi connectivity index (χ4n) is 3.08. The highest BCUT2D eigenvalue weighted by Gasteiger charge is 2.46. The van der Waals surface area contributed by atoms with Gasteiger partial charge in [-0.05, 0) is 6.07 Å². The number of halogens is 1. The molecule has 110 valence electrons. The molecule has 3 rings (SSSR count). The molecule has 0 aromatic heterocycles. The third-order valence-corrected chi connectivity index (χ3v) is 4.56. The summed E-state index contributed by atoms with van der Waals surface area (Å²) in [5, 5.41) is 0.607. The van der Waals surface area contributed by atoms with Gasteiger partial charge in [-0.2, -0.15) is 0 Å². The number of likely N-dealkylation sites (tertiary alicyclic amines) is 1. The summed E-state index contributed by atoms with van der Waals surface area (Å²) >= 11 is 6.26. The maximum atomic E-state index is 11.8. The molecule has 0 bridgehead atoms. The van der Waals surface area contributed by atoms with Crippen molar-refractivity contribution in [2.75, 3.05) is 13.1 Å². The zero-order valence-corrected chi connectivity index (χ0v) is 12.5. The van der Waals surface area contributed by atoms with Crippen LogP contribution in [0.5, 0.6) is 0 Å². The van der Waals surface area contributed by atoms with Crippen LogP contribution in [0.3, 0.4) is 0 Å². The van der Waals surface area contributed by atoms with Gasteiger partial charge < -0.3 is 9.64 Å². The van der Waals surface area contributed by atoms with Crippen LogP contribution in [0.1, 0.15) is 25.3 Å². The predicted octanol–water partition coefficient (Wildman–Crippen LogP) is 2.66. The molecule has 5 heteroatoms. The second kappa shape index (κ2) is 5.19. The van der Waals surface area contributed by atoms with E-state index in [2.05, 4.69) is 0 Å². The number of rotatable bonds is 1. The molecule has 4 nitrogen and oxygen atoms in total. The maximum absolute atomic E-state index is 11.8. The van der Waals surface area contributed by atoms with Gasteiger partial charge in [-0.25, -0.2) is 4.79 Å². The number of ether oxygens (including phenoxy) is 1. The molecule has 0 N–H and O–H groups in total. The normalized spacial score (nSPS) is 20.4. The molecule has 0 saturated carbocycles. The Morgan fingerprint density at radius 1 is 1.29 bits per heavy atom. The van der Waals surface area contributed by atoms with E-state index in [1.807, 2.05) is 18.2 Å². The number of nitrogens with zero attached hydrogens (tertiary/aromatic N) is 1. The highest BCUT2D eigenvalue weighted by atomic mass is 35.5. The van der Waals surface area contributed by atoms with Gasteiger partial charge >= 0.3 is 5.97 Å². The number of esters is 1. The van der Waals surface area contributed by atoms with Gasteiger partial charge in [0.1, 0.15) is 5.60 Å². The summed E-state index contributed by atoms with van der Waals surface area (Å²) in [6, 6.07) is 7.45. The van der Waals surface area contributed by atoms with Crippen molar-refractivity contribution in [3.05, 3.63) is 40.9 Å². The third-order valence-electron chi connectivity index (χ3n) is 4.23. The van der Waals surface area contributed by atoms with Crippen LogP contribution in [-0.2, 0) is 14.3 Å². The molecule has 21 heavy (non-hydrogen) atoms. The summed E-state index contributed by atoms with van der Waals surface area (Å²) < 4.78 is 5.61. The highest BCUT2D eigenvalue weighted by molar-refractivity contribution is 6.32. The van der Waals surface area contributed by atoms with E-state index in [9.17, 15) is 9.59 Å². The van der Waals surface area contributed by atoms with Gasteiger partial charge in [-0.3, -0.25) is 4.79 Å². The van der Waals surface area contributed by atoms with Crippen LogP contribution in [0.4, 0.5) is 0 Å². The molecule has 1 saturated heterocycles. The molecule has 2 aliphatic heterocycles. The van der Waals surface area contributed by atoms with Crippen LogP contribution >= 0.6 is 11.6 Å². The minimum atomic E-state index is -0.645. The van der Waals surface area contributed by atoms with Crippen LogP contribution < -0.4 is 0 Å². The fraction of sp³-hybridized carbons (Fsp3) is 0.375. The summed E-state index contributed by atoms with van der Waals surface area (Å²) in [4.78, 5) is 25.0. The molecule has 1 aromatic rings. The lowest BCUT2D eigenvalue weighted by atomic mass is 9.81.